The Hall–Kier alpha value is -2.91. The molecule has 5 rings (SSSR count). The maximum Gasteiger partial charge on any atom is 0.240 e. The summed E-state index contributed by atoms with van der Waals surface area (Å²) < 4.78 is 1.92. The molecule has 0 bridgehead atoms. The Balaban J connectivity index is 1.74. The van der Waals surface area contributed by atoms with E-state index in [0.29, 0.717) is 16.9 Å². The minimum Gasteiger partial charge on any atom is -0.378 e. The minimum absolute atomic E-state index is 0.162. The minimum atomic E-state index is -1.20. The first-order valence-corrected chi connectivity index (χ1v) is 9.52. The SMILES string of the molecule is C[C@@](O)(c1ccc2nc(C3CC3)n(-c3ncnc(N)n3)c2c1)c1nccs1. The van der Waals surface area contributed by atoms with E-state index < -0.39 is 5.60 Å². The zero-order valence-corrected chi connectivity index (χ0v) is 15.4. The molecule has 136 valence electrons. The smallest absolute Gasteiger partial charge is 0.240 e. The fourth-order valence-corrected chi connectivity index (χ4v) is 3.94. The number of aliphatic hydroxyl groups is 1. The quantitative estimate of drug-likeness (QED) is 0.559. The van der Waals surface area contributed by atoms with E-state index in [0.717, 1.165) is 35.3 Å². The molecule has 9 heteroatoms. The Morgan fingerprint density at radius 3 is 2.78 bits per heavy atom. The number of anilines is 1. The standard InChI is InChI=1S/C18H17N7OS/c1-18(26,15-20-6-7-27-15)11-4-5-12-13(8-11)25(14(23-12)10-2-3-10)17-22-9-21-16(19)24-17/h4-10,26H,2-3H2,1H3,(H2,19,21,22,24)/t18-/m1/s1. The monoisotopic (exact) mass is 379 g/mol. The molecule has 8 nitrogen and oxygen atoms in total. The largest absolute Gasteiger partial charge is 0.378 e. The molecule has 0 amide bonds. The van der Waals surface area contributed by atoms with Crippen molar-refractivity contribution in [1.82, 2.24) is 29.5 Å². The highest BCUT2D eigenvalue weighted by Crippen LogP contribution is 2.42. The van der Waals surface area contributed by atoms with E-state index in [9.17, 15) is 5.11 Å². The number of nitrogens with two attached hydrogens (primary N) is 1. The van der Waals surface area contributed by atoms with Crippen molar-refractivity contribution >= 4 is 28.3 Å². The van der Waals surface area contributed by atoms with Gasteiger partial charge in [0, 0.05) is 17.5 Å². The van der Waals surface area contributed by atoms with Crippen LogP contribution >= 0.6 is 11.3 Å². The number of imidazole rings is 1. The third-order valence-electron chi connectivity index (χ3n) is 4.81. The van der Waals surface area contributed by atoms with Crippen molar-refractivity contribution in [2.24, 2.45) is 0 Å². The summed E-state index contributed by atoms with van der Waals surface area (Å²) >= 11 is 1.42. The molecule has 0 saturated heterocycles. The Morgan fingerprint density at radius 2 is 2.07 bits per heavy atom. The average molecular weight is 379 g/mol. The van der Waals surface area contributed by atoms with Crippen LogP contribution in [0.1, 0.15) is 42.1 Å². The van der Waals surface area contributed by atoms with Gasteiger partial charge in [0.15, 0.2) is 0 Å². The number of hydrogen-bond acceptors (Lipinski definition) is 8. The Labute approximate surface area is 158 Å². The van der Waals surface area contributed by atoms with Crippen LogP contribution in [0.5, 0.6) is 0 Å². The summed E-state index contributed by atoms with van der Waals surface area (Å²) in [6.45, 7) is 1.75. The summed E-state index contributed by atoms with van der Waals surface area (Å²) in [4.78, 5) is 21.5. The van der Waals surface area contributed by atoms with Crippen LogP contribution in [0.3, 0.4) is 0 Å². The lowest BCUT2D eigenvalue weighted by Gasteiger charge is -2.21. The maximum atomic E-state index is 11.1. The molecule has 1 atom stereocenters. The maximum absolute atomic E-state index is 11.1. The van der Waals surface area contributed by atoms with Crippen molar-refractivity contribution < 1.29 is 5.11 Å². The van der Waals surface area contributed by atoms with E-state index in [2.05, 4.69) is 19.9 Å². The first-order chi connectivity index (χ1) is 13.0. The van der Waals surface area contributed by atoms with E-state index >= 15 is 0 Å². The van der Waals surface area contributed by atoms with Gasteiger partial charge in [0.05, 0.1) is 11.0 Å². The molecule has 0 spiro atoms. The first-order valence-electron chi connectivity index (χ1n) is 8.64. The lowest BCUT2D eigenvalue weighted by atomic mass is 9.96. The Morgan fingerprint density at radius 1 is 1.22 bits per heavy atom. The summed E-state index contributed by atoms with van der Waals surface area (Å²) in [5, 5.41) is 13.6. The first kappa shape index (κ1) is 16.3. The molecule has 1 aromatic carbocycles. The van der Waals surface area contributed by atoms with E-state index in [1.807, 2.05) is 28.1 Å². The van der Waals surface area contributed by atoms with Gasteiger partial charge in [-0.2, -0.15) is 4.98 Å². The van der Waals surface area contributed by atoms with Crippen LogP contribution in [0.4, 0.5) is 5.95 Å². The van der Waals surface area contributed by atoms with Crippen LogP contribution in [-0.2, 0) is 5.60 Å². The van der Waals surface area contributed by atoms with Crippen molar-refractivity contribution in [3.05, 3.63) is 52.5 Å². The lowest BCUT2D eigenvalue weighted by Crippen LogP contribution is -2.22. The zero-order chi connectivity index (χ0) is 18.6. The van der Waals surface area contributed by atoms with Crippen molar-refractivity contribution in [1.29, 1.82) is 0 Å². The molecule has 4 aromatic rings. The fraction of sp³-hybridized carbons (Fsp3) is 0.278. The van der Waals surface area contributed by atoms with Crippen LogP contribution in [-0.4, -0.2) is 34.6 Å². The fourth-order valence-electron chi connectivity index (χ4n) is 3.22. The predicted molar refractivity (Wildman–Crippen MR) is 102 cm³/mol. The number of aromatic nitrogens is 6. The summed E-state index contributed by atoms with van der Waals surface area (Å²) in [5.41, 5.74) is 6.96. The van der Waals surface area contributed by atoms with Gasteiger partial charge in [0.1, 0.15) is 22.8 Å². The second kappa shape index (κ2) is 5.80. The van der Waals surface area contributed by atoms with Crippen LogP contribution in [0.2, 0.25) is 0 Å². The van der Waals surface area contributed by atoms with E-state index in [1.54, 1.807) is 13.1 Å². The number of nitrogens with zero attached hydrogens (tertiary/aromatic N) is 6. The molecule has 3 aromatic heterocycles. The van der Waals surface area contributed by atoms with E-state index in [-0.39, 0.29) is 5.95 Å². The number of benzene rings is 1. The van der Waals surface area contributed by atoms with Gasteiger partial charge in [-0.15, -0.1) is 11.3 Å². The second-order valence-electron chi connectivity index (χ2n) is 6.84. The summed E-state index contributed by atoms with van der Waals surface area (Å²) in [7, 11) is 0. The third kappa shape index (κ3) is 2.66. The molecule has 3 heterocycles. The van der Waals surface area contributed by atoms with Gasteiger partial charge in [-0.25, -0.2) is 19.9 Å². The van der Waals surface area contributed by atoms with Gasteiger partial charge in [-0.3, -0.25) is 4.57 Å². The van der Waals surface area contributed by atoms with E-state index in [4.69, 9.17) is 10.7 Å². The summed E-state index contributed by atoms with van der Waals surface area (Å²) in [5.74, 6) is 1.91. The summed E-state index contributed by atoms with van der Waals surface area (Å²) in [6.07, 6.45) is 5.27. The van der Waals surface area contributed by atoms with Crippen molar-refractivity contribution in [3.63, 3.8) is 0 Å². The van der Waals surface area contributed by atoms with Crippen LogP contribution in [0.25, 0.3) is 17.0 Å². The van der Waals surface area contributed by atoms with Gasteiger partial charge in [-0.1, -0.05) is 6.07 Å². The van der Waals surface area contributed by atoms with Crippen LogP contribution in [0.15, 0.2) is 36.1 Å². The lowest BCUT2D eigenvalue weighted by molar-refractivity contribution is 0.102. The highest BCUT2D eigenvalue weighted by atomic mass is 32.1. The normalized spacial score (nSPS) is 16.5. The van der Waals surface area contributed by atoms with Gasteiger partial charge in [0.25, 0.3) is 0 Å². The third-order valence-corrected chi connectivity index (χ3v) is 5.80. The molecule has 1 fully saturated rings. The topological polar surface area (TPSA) is 116 Å². The molecule has 1 aliphatic carbocycles. The number of thiazole rings is 1. The second-order valence-corrected chi connectivity index (χ2v) is 7.73. The molecule has 0 radical (unpaired) electrons. The van der Waals surface area contributed by atoms with Crippen molar-refractivity contribution in [3.8, 4) is 5.95 Å². The number of hydrogen-bond donors (Lipinski definition) is 2. The van der Waals surface area contributed by atoms with Gasteiger partial charge in [-0.05, 0) is 37.5 Å². The molecule has 1 aliphatic rings. The van der Waals surface area contributed by atoms with E-state index in [1.165, 1.54) is 17.7 Å². The number of rotatable bonds is 4. The molecule has 27 heavy (non-hydrogen) atoms. The van der Waals surface area contributed by atoms with Crippen molar-refractivity contribution in [2.45, 2.75) is 31.3 Å². The summed E-state index contributed by atoms with van der Waals surface area (Å²) in [6, 6.07) is 5.73. The average Bonchev–Trinajstić information content (AvgIpc) is 3.19. The predicted octanol–water partition coefficient (Wildman–Crippen LogP) is 2.38. The zero-order valence-electron chi connectivity index (χ0n) is 14.6. The molecular formula is C18H17N7OS. The van der Waals surface area contributed by atoms with Crippen LogP contribution in [0, 0.1) is 0 Å². The highest BCUT2D eigenvalue weighted by molar-refractivity contribution is 7.09. The van der Waals surface area contributed by atoms with Gasteiger partial charge < -0.3 is 10.8 Å². The van der Waals surface area contributed by atoms with Crippen molar-refractivity contribution in [2.75, 3.05) is 5.73 Å². The van der Waals surface area contributed by atoms with Crippen LogP contribution < -0.4 is 5.73 Å². The van der Waals surface area contributed by atoms with Gasteiger partial charge in [0.2, 0.25) is 11.9 Å². The highest BCUT2D eigenvalue weighted by Gasteiger charge is 2.33. The Kier molecular flexibility index (Phi) is 3.49. The molecule has 0 aliphatic heterocycles. The van der Waals surface area contributed by atoms with Gasteiger partial charge >= 0.3 is 0 Å². The molecule has 0 unspecified atom stereocenters. The molecule has 1 saturated carbocycles. The Bertz CT molecular complexity index is 1130. The number of fused-ring (bicyclic) bond motifs is 1. The molecular weight excluding hydrogens is 362 g/mol. The number of nitrogen functional groups attached to an aromatic ring is 1. The molecule has 3 N–H and O–H groups in total.